The van der Waals surface area contributed by atoms with Gasteiger partial charge in [0.05, 0.1) is 0 Å². The number of amides is 4. The van der Waals surface area contributed by atoms with Crippen molar-refractivity contribution in [3.8, 4) is 0 Å². The Morgan fingerprint density at radius 2 is 0.518 bits per heavy atom. The second-order valence-electron chi connectivity index (χ2n) is 15.7. The van der Waals surface area contributed by atoms with E-state index in [4.69, 9.17) is 0 Å². The molecule has 8 heteroatoms. The molecule has 264 valence electrons. The summed E-state index contributed by atoms with van der Waals surface area (Å²) < 4.78 is -0.854. The summed E-state index contributed by atoms with van der Waals surface area (Å²) in [5.41, 5.74) is 2.10. The van der Waals surface area contributed by atoms with Gasteiger partial charge in [-0.2, -0.15) is 0 Å². The third-order valence-corrected chi connectivity index (χ3v) is 13.4. The fraction of sp³-hybridized carbons (Fsp3) is 0.0833. The van der Waals surface area contributed by atoms with Crippen LogP contribution in [0, 0.1) is 0 Å². The van der Waals surface area contributed by atoms with Crippen molar-refractivity contribution in [2.45, 2.75) is 24.6 Å². The van der Waals surface area contributed by atoms with Gasteiger partial charge in [0.1, 0.15) is 4.71 Å². The molecule has 4 amide bonds. The van der Waals surface area contributed by atoms with Crippen molar-refractivity contribution in [3.63, 3.8) is 0 Å². The van der Waals surface area contributed by atoms with Gasteiger partial charge >= 0.3 is 0 Å². The van der Waals surface area contributed by atoms with Crippen LogP contribution in [0.5, 0.6) is 0 Å². The van der Waals surface area contributed by atoms with Crippen molar-refractivity contribution in [1.29, 1.82) is 0 Å². The Balaban J connectivity index is 1.15. The largest absolute Gasteiger partial charge is 0.272 e. The summed E-state index contributed by atoms with van der Waals surface area (Å²) in [5.74, 6) is -1.27. The number of fused-ring (bicyclic) bond motifs is 6. The van der Waals surface area contributed by atoms with Crippen molar-refractivity contribution in [3.05, 3.63) is 119 Å². The van der Waals surface area contributed by atoms with Gasteiger partial charge in [-0.25, -0.2) is 0 Å². The lowest BCUT2D eigenvalue weighted by molar-refractivity contribution is 0.0560. The molecule has 0 spiro atoms. The van der Waals surface area contributed by atoms with Gasteiger partial charge < -0.3 is 0 Å². The maximum Gasteiger partial charge on any atom is 0.263 e. The number of nitrogens with zero attached hydrogens (tertiary/aromatic N) is 2. The fourth-order valence-corrected chi connectivity index (χ4v) is 11.2. The van der Waals surface area contributed by atoms with Crippen LogP contribution in [-0.2, 0) is 0 Å². The summed E-state index contributed by atoms with van der Waals surface area (Å²) in [6, 6.07) is 33.1. The van der Waals surface area contributed by atoms with Crippen molar-refractivity contribution >= 4 is 157 Å². The molecule has 6 nitrogen and oxygen atoms in total. The first-order valence-corrected chi connectivity index (χ1v) is 19.7. The zero-order valence-electron chi connectivity index (χ0n) is 29.8. The smallest absolute Gasteiger partial charge is 0.263 e. The van der Waals surface area contributed by atoms with Crippen LogP contribution in [0.3, 0.4) is 0 Å². The van der Waals surface area contributed by atoms with Gasteiger partial charge in [0, 0.05) is 39.1 Å². The molecule has 0 aromatic heterocycles. The lowest BCUT2D eigenvalue weighted by Gasteiger charge is -2.31. The minimum atomic E-state index is -0.854. The molecule has 0 saturated carbocycles. The summed E-state index contributed by atoms with van der Waals surface area (Å²) in [6.45, 7) is 3.75. The van der Waals surface area contributed by atoms with Crippen LogP contribution in [0.25, 0.3) is 108 Å². The van der Waals surface area contributed by atoms with Crippen molar-refractivity contribution in [2.75, 3.05) is 0 Å². The van der Waals surface area contributed by atoms with E-state index in [2.05, 4.69) is 85.9 Å². The van der Waals surface area contributed by atoms with E-state index in [-0.39, 0.29) is 17.9 Å². The zero-order chi connectivity index (χ0) is 37.8. The van der Waals surface area contributed by atoms with E-state index in [1.54, 1.807) is 0 Å². The number of rotatable bonds is 2. The van der Waals surface area contributed by atoms with Crippen molar-refractivity contribution < 1.29 is 19.2 Å². The predicted molar refractivity (Wildman–Crippen MR) is 233 cm³/mol. The normalized spacial score (nSPS) is 15.2. The Morgan fingerprint density at radius 1 is 0.321 bits per heavy atom. The van der Waals surface area contributed by atoms with E-state index in [0.717, 1.165) is 91.1 Å². The number of hydrogen-bond donors (Lipinski definition) is 2. The molecule has 2 aliphatic heterocycles. The average molecular weight is 759 g/mol. The maximum absolute atomic E-state index is 13.7. The van der Waals surface area contributed by atoms with Crippen molar-refractivity contribution in [2.24, 2.45) is 0 Å². The fourth-order valence-electron chi connectivity index (χ4n) is 10.8. The van der Waals surface area contributed by atoms with Crippen LogP contribution in [0.2, 0.25) is 0 Å². The molecule has 0 unspecified atom stereocenters. The second kappa shape index (κ2) is 9.95. The molecule has 13 rings (SSSR count). The SMILES string of the molecule is CC(C)N1C(=O)c2ccc3c4ccc5c6ccc7c8ccc9c%10c(ccc(c%11ccc(c%12ccc(c%13ccc(c2c3%13)C1=O)c4c5%12)c6c7%11)c%108)C(=O)N(C(S)S)C9=O. The molecular formula is C48H26N2O4S2. The van der Waals surface area contributed by atoms with Crippen molar-refractivity contribution in [1.82, 2.24) is 9.80 Å². The van der Waals surface area contributed by atoms with Crippen LogP contribution in [0.4, 0.5) is 0 Å². The van der Waals surface area contributed by atoms with Crippen LogP contribution in [0.1, 0.15) is 55.3 Å². The number of thiol groups is 2. The Hall–Kier alpha value is -6.22. The van der Waals surface area contributed by atoms with Gasteiger partial charge in [0.2, 0.25) is 0 Å². The number of imide groups is 2. The molecule has 2 aliphatic rings. The zero-order valence-corrected chi connectivity index (χ0v) is 31.6. The highest BCUT2D eigenvalue weighted by Crippen LogP contribution is 2.52. The summed E-state index contributed by atoms with van der Waals surface area (Å²) >= 11 is 8.67. The highest BCUT2D eigenvalue weighted by atomic mass is 32.2. The van der Waals surface area contributed by atoms with Gasteiger partial charge in [0.25, 0.3) is 23.6 Å². The molecule has 0 saturated heterocycles. The van der Waals surface area contributed by atoms with Gasteiger partial charge in [-0.3, -0.25) is 29.0 Å². The molecule has 11 aromatic carbocycles. The molecule has 0 bridgehead atoms. The minimum Gasteiger partial charge on any atom is -0.272 e. The Bertz CT molecular complexity index is 3290. The molecular weight excluding hydrogens is 733 g/mol. The quantitative estimate of drug-likeness (QED) is 0.0605. The molecule has 0 atom stereocenters. The Kier molecular flexibility index (Phi) is 5.52. The minimum absolute atomic E-state index is 0.245. The van der Waals surface area contributed by atoms with E-state index < -0.39 is 16.5 Å². The second-order valence-corrected chi connectivity index (χ2v) is 17.1. The number of carbonyl (C=O) groups excluding carboxylic acids is 4. The summed E-state index contributed by atoms with van der Waals surface area (Å²) in [7, 11) is 0. The monoisotopic (exact) mass is 758 g/mol. The van der Waals surface area contributed by atoms with Gasteiger partial charge in [0.15, 0.2) is 0 Å². The predicted octanol–water partition coefficient (Wildman–Crippen LogP) is 11.3. The van der Waals surface area contributed by atoms with E-state index in [0.29, 0.717) is 27.6 Å². The molecule has 56 heavy (non-hydrogen) atoms. The topological polar surface area (TPSA) is 74.8 Å². The summed E-state index contributed by atoms with van der Waals surface area (Å²) in [6.07, 6.45) is 0. The van der Waals surface area contributed by atoms with Crippen LogP contribution >= 0.6 is 25.3 Å². The third kappa shape index (κ3) is 3.31. The molecule has 0 fully saturated rings. The highest BCUT2D eigenvalue weighted by molar-refractivity contribution is 7.99. The van der Waals surface area contributed by atoms with E-state index in [1.165, 1.54) is 21.1 Å². The maximum atomic E-state index is 13.7. The molecule has 0 aliphatic carbocycles. The van der Waals surface area contributed by atoms with E-state index in [9.17, 15) is 19.2 Å². The first-order chi connectivity index (χ1) is 27.2. The molecule has 2 heterocycles. The van der Waals surface area contributed by atoms with Gasteiger partial charge in [-0.15, -0.1) is 25.3 Å². The Labute approximate surface area is 328 Å². The molecule has 11 aromatic rings. The van der Waals surface area contributed by atoms with Crippen LogP contribution in [0.15, 0.2) is 97.1 Å². The lowest BCUT2D eigenvalue weighted by atomic mass is 9.80. The summed E-state index contributed by atoms with van der Waals surface area (Å²) in [5, 5.41) is 21.0. The average Bonchev–Trinajstić information content (AvgIpc) is 3.19. The first kappa shape index (κ1) is 31.0. The lowest BCUT2D eigenvalue weighted by Crippen LogP contribution is -2.44. The third-order valence-electron chi connectivity index (χ3n) is 12.9. The van der Waals surface area contributed by atoms with Gasteiger partial charge in [-0.1, -0.05) is 72.8 Å². The molecule has 0 N–H and O–H groups in total. The number of hydrogen-bond acceptors (Lipinski definition) is 6. The highest BCUT2D eigenvalue weighted by Gasteiger charge is 2.38. The van der Waals surface area contributed by atoms with E-state index >= 15 is 0 Å². The van der Waals surface area contributed by atoms with Crippen LogP contribution in [-0.4, -0.2) is 44.2 Å². The Morgan fingerprint density at radius 3 is 0.732 bits per heavy atom. The van der Waals surface area contributed by atoms with Gasteiger partial charge in [-0.05, 0) is 135 Å². The first-order valence-electron chi connectivity index (χ1n) is 18.7. The number of carbonyl (C=O) groups is 4. The number of benzene rings is 11. The molecule has 0 radical (unpaired) electrons. The standard InChI is InChI=1S/C48H26N2O4S2/c1-19(2)49-44(51)32-15-11-28-24-7-3-20-22-5-9-26-30-13-17-34-43-35(47(54)50(46(34)53)48(55)56)18-14-31(41(30)43)27-10-6-23(37(22)39(26)27)21-4-8-25(38(24)36(20)21)29-12-16-33(45(49)52)42(32)40(28)29/h3-19,48,55-56H,1-2H3. The van der Waals surface area contributed by atoms with Crippen LogP contribution < -0.4 is 0 Å². The van der Waals surface area contributed by atoms with E-state index in [1.807, 2.05) is 50.2 Å². The summed E-state index contributed by atoms with van der Waals surface area (Å²) in [4.78, 5) is 57.2.